The van der Waals surface area contributed by atoms with Gasteiger partial charge < -0.3 is 9.84 Å². The third kappa shape index (κ3) is 6.56. The Morgan fingerprint density at radius 3 is 2.46 bits per heavy atom. The number of phenols is 1. The number of aromatic nitrogens is 3. The van der Waals surface area contributed by atoms with Crippen molar-refractivity contribution >= 4 is 23.9 Å². The molecule has 0 radical (unpaired) electrons. The Kier molecular flexibility index (Phi) is 7.93. The van der Waals surface area contributed by atoms with Crippen molar-refractivity contribution in [1.29, 1.82) is 0 Å². The molecule has 1 heterocycles. The number of nitrogens with zero attached hydrogens (tertiary/aromatic N) is 4. The number of amides is 1. The summed E-state index contributed by atoms with van der Waals surface area (Å²) in [6.45, 7) is 6.53. The van der Waals surface area contributed by atoms with Gasteiger partial charge in [-0.05, 0) is 52.9 Å². The van der Waals surface area contributed by atoms with Crippen LogP contribution in [-0.2, 0) is 10.2 Å². The van der Waals surface area contributed by atoms with E-state index in [9.17, 15) is 9.90 Å². The number of nitrogens with one attached hydrogen (secondary N) is 1. The van der Waals surface area contributed by atoms with Gasteiger partial charge in [-0.1, -0.05) is 68.9 Å². The average molecular weight is 516 g/mol. The van der Waals surface area contributed by atoms with Crippen molar-refractivity contribution in [2.24, 2.45) is 5.10 Å². The van der Waals surface area contributed by atoms with Gasteiger partial charge in [0.15, 0.2) is 11.0 Å². The maximum Gasteiger partial charge on any atom is 0.250 e. The number of hydrazone groups is 1. The summed E-state index contributed by atoms with van der Waals surface area (Å²) in [4.78, 5) is 12.4. The van der Waals surface area contributed by atoms with Crippen LogP contribution in [-0.4, -0.2) is 44.9 Å². The Labute approximate surface area is 220 Å². The normalized spacial score (nSPS) is 11.6. The predicted molar refractivity (Wildman–Crippen MR) is 147 cm³/mol. The second-order valence-corrected chi connectivity index (χ2v) is 10.3. The lowest BCUT2D eigenvalue weighted by molar-refractivity contribution is -0.118. The van der Waals surface area contributed by atoms with Crippen LogP contribution in [0.4, 0.5) is 0 Å². The maximum absolute atomic E-state index is 12.4. The van der Waals surface area contributed by atoms with Gasteiger partial charge in [0, 0.05) is 11.3 Å². The molecule has 4 rings (SSSR count). The highest BCUT2D eigenvalue weighted by atomic mass is 32.2. The van der Waals surface area contributed by atoms with Crippen molar-refractivity contribution in [1.82, 2.24) is 20.2 Å². The second-order valence-electron chi connectivity index (χ2n) is 9.34. The molecule has 9 heteroatoms. The Hall–Kier alpha value is -4.11. The molecule has 0 spiro atoms. The van der Waals surface area contributed by atoms with Crippen LogP contribution in [0.25, 0.3) is 17.1 Å². The van der Waals surface area contributed by atoms with E-state index < -0.39 is 0 Å². The van der Waals surface area contributed by atoms with E-state index in [0.29, 0.717) is 16.5 Å². The molecule has 0 fully saturated rings. The van der Waals surface area contributed by atoms with Gasteiger partial charge >= 0.3 is 0 Å². The van der Waals surface area contributed by atoms with E-state index in [1.165, 1.54) is 23.5 Å². The van der Waals surface area contributed by atoms with Gasteiger partial charge in [0.25, 0.3) is 5.91 Å². The Bertz CT molecular complexity index is 1390. The van der Waals surface area contributed by atoms with E-state index in [1.807, 2.05) is 41.0 Å². The lowest BCUT2D eigenvalue weighted by atomic mass is 9.87. The molecule has 190 valence electrons. The van der Waals surface area contributed by atoms with Gasteiger partial charge in [0.2, 0.25) is 0 Å². The Morgan fingerprint density at radius 1 is 1.08 bits per heavy atom. The fourth-order valence-corrected chi connectivity index (χ4v) is 4.32. The van der Waals surface area contributed by atoms with Crippen LogP contribution in [0.5, 0.6) is 11.5 Å². The molecule has 0 aliphatic rings. The molecule has 0 bridgehead atoms. The van der Waals surface area contributed by atoms with E-state index in [1.54, 1.807) is 31.4 Å². The molecule has 8 nitrogen and oxygen atoms in total. The second kappa shape index (κ2) is 11.3. The number of aromatic hydroxyl groups is 1. The lowest BCUT2D eigenvalue weighted by Crippen LogP contribution is -2.20. The van der Waals surface area contributed by atoms with Crippen LogP contribution >= 0.6 is 11.8 Å². The van der Waals surface area contributed by atoms with E-state index >= 15 is 0 Å². The number of ether oxygens (including phenoxy) is 1. The van der Waals surface area contributed by atoms with Crippen molar-refractivity contribution in [3.8, 4) is 28.6 Å². The first-order valence-corrected chi connectivity index (χ1v) is 12.7. The number of carbonyl (C=O) groups excluding carboxylic acids is 1. The molecule has 3 aromatic carbocycles. The van der Waals surface area contributed by atoms with E-state index in [4.69, 9.17) is 4.74 Å². The third-order valence-corrected chi connectivity index (χ3v) is 6.51. The summed E-state index contributed by atoms with van der Waals surface area (Å²) in [5.41, 5.74) is 6.22. The number of methoxy groups -OCH3 is 1. The van der Waals surface area contributed by atoms with Crippen molar-refractivity contribution in [2.75, 3.05) is 12.9 Å². The first-order valence-electron chi connectivity index (χ1n) is 11.7. The number of benzene rings is 3. The monoisotopic (exact) mass is 515 g/mol. The summed E-state index contributed by atoms with van der Waals surface area (Å²) >= 11 is 1.26. The highest BCUT2D eigenvalue weighted by Crippen LogP contribution is 2.30. The van der Waals surface area contributed by atoms with Crippen molar-refractivity contribution in [3.63, 3.8) is 0 Å². The number of thioether (sulfide) groups is 1. The molecule has 4 aromatic rings. The number of hydrogen-bond donors (Lipinski definition) is 2. The van der Waals surface area contributed by atoms with Gasteiger partial charge in [-0.2, -0.15) is 5.10 Å². The summed E-state index contributed by atoms with van der Waals surface area (Å²) in [6.07, 6.45) is 1.47. The minimum absolute atomic E-state index is 0.0416. The Balaban J connectivity index is 1.55. The quantitative estimate of drug-likeness (QED) is 0.190. The molecule has 0 saturated carbocycles. The lowest BCUT2D eigenvalue weighted by Gasteiger charge is -2.19. The summed E-state index contributed by atoms with van der Waals surface area (Å²) in [6, 6.07) is 22.5. The molecule has 0 unspecified atom stereocenters. The molecule has 1 aromatic heterocycles. The van der Waals surface area contributed by atoms with Crippen LogP contribution < -0.4 is 10.2 Å². The topological polar surface area (TPSA) is 102 Å². The van der Waals surface area contributed by atoms with Crippen LogP contribution in [0.2, 0.25) is 0 Å². The number of phenolic OH excluding ortho intramolecular Hbond substituents is 1. The molecular weight excluding hydrogens is 486 g/mol. The van der Waals surface area contributed by atoms with E-state index in [0.717, 1.165) is 17.0 Å². The van der Waals surface area contributed by atoms with Crippen molar-refractivity contribution in [2.45, 2.75) is 31.3 Å². The Morgan fingerprint density at radius 2 is 1.81 bits per heavy atom. The van der Waals surface area contributed by atoms with Gasteiger partial charge in [-0.15, -0.1) is 10.2 Å². The van der Waals surface area contributed by atoms with E-state index in [-0.39, 0.29) is 22.8 Å². The third-order valence-electron chi connectivity index (χ3n) is 5.58. The van der Waals surface area contributed by atoms with Gasteiger partial charge in [-0.3, -0.25) is 9.36 Å². The van der Waals surface area contributed by atoms with Gasteiger partial charge in [0.05, 0.1) is 19.1 Å². The average Bonchev–Trinajstić information content (AvgIpc) is 3.31. The smallest absolute Gasteiger partial charge is 0.250 e. The molecule has 37 heavy (non-hydrogen) atoms. The molecule has 0 aliphatic carbocycles. The van der Waals surface area contributed by atoms with Crippen LogP contribution in [0.15, 0.2) is 83.1 Å². The minimum Gasteiger partial charge on any atom is -0.508 e. The summed E-state index contributed by atoms with van der Waals surface area (Å²) < 4.78 is 7.24. The fraction of sp³-hybridized carbons (Fsp3) is 0.214. The zero-order valence-electron chi connectivity index (χ0n) is 21.2. The number of rotatable bonds is 8. The number of hydrogen-bond acceptors (Lipinski definition) is 7. The van der Waals surface area contributed by atoms with Crippen molar-refractivity contribution in [3.05, 3.63) is 83.9 Å². The summed E-state index contributed by atoms with van der Waals surface area (Å²) in [5.74, 6) is 1.35. The van der Waals surface area contributed by atoms with Gasteiger partial charge in [0.1, 0.15) is 11.5 Å². The van der Waals surface area contributed by atoms with Crippen LogP contribution in [0.3, 0.4) is 0 Å². The zero-order chi connectivity index (χ0) is 26.4. The first-order chi connectivity index (χ1) is 17.7. The highest BCUT2D eigenvalue weighted by molar-refractivity contribution is 7.99. The van der Waals surface area contributed by atoms with Crippen molar-refractivity contribution < 1.29 is 14.6 Å². The fourth-order valence-electron chi connectivity index (χ4n) is 3.58. The summed E-state index contributed by atoms with van der Waals surface area (Å²) in [5, 5.41) is 22.9. The standard InChI is InChI=1S/C28H29N5O3S/c1-28(2,3)21-10-8-20(9-11-21)26-31-32-27(33(26)22-12-14-24(36-4)15-13-22)37-18-25(35)30-29-17-19-6-5-7-23(34)16-19/h5-17,34H,18H2,1-4H3,(H,30,35)/b29-17+. The summed E-state index contributed by atoms with van der Waals surface area (Å²) in [7, 11) is 1.62. The molecule has 2 N–H and O–H groups in total. The maximum atomic E-state index is 12.4. The SMILES string of the molecule is COc1ccc(-n2c(SCC(=O)N/N=C/c3cccc(O)c3)nnc2-c2ccc(C(C)(C)C)cc2)cc1. The predicted octanol–water partition coefficient (Wildman–Crippen LogP) is 5.19. The minimum atomic E-state index is -0.290. The van der Waals surface area contributed by atoms with E-state index in [2.05, 4.69) is 53.6 Å². The zero-order valence-corrected chi connectivity index (χ0v) is 22.0. The number of carbonyl (C=O) groups is 1. The molecule has 0 atom stereocenters. The van der Waals surface area contributed by atoms with Crippen LogP contribution in [0, 0.1) is 0 Å². The van der Waals surface area contributed by atoms with Gasteiger partial charge in [-0.25, -0.2) is 5.43 Å². The molecule has 0 saturated heterocycles. The molecular formula is C28H29N5O3S. The highest BCUT2D eigenvalue weighted by Gasteiger charge is 2.19. The largest absolute Gasteiger partial charge is 0.508 e. The van der Waals surface area contributed by atoms with Crippen LogP contribution in [0.1, 0.15) is 31.9 Å². The molecule has 0 aliphatic heterocycles. The first kappa shape index (κ1) is 26.0. The molecule has 1 amide bonds.